The third-order valence-electron chi connectivity index (χ3n) is 12.9. The van der Waals surface area contributed by atoms with Crippen molar-refractivity contribution >= 4 is 17.9 Å². The maximum absolute atomic E-state index is 12.8. The number of carbonyl (C=O) groups excluding carboxylic acids is 3. The Morgan fingerprint density at radius 3 is 0.924 bits per heavy atom. The summed E-state index contributed by atoms with van der Waals surface area (Å²) in [5.74, 6) is -0.901. The molecule has 0 fully saturated rings. The Hall–Kier alpha value is -2.37. The summed E-state index contributed by atoms with van der Waals surface area (Å²) in [6.45, 7) is 6.54. The standard InChI is InChI=1S/C60H110O6/c1-4-7-10-13-16-19-22-25-27-29-31-33-35-38-41-44-47-50-53-59(62)65-56-57(55-64-58(61)52-49-46-43-40-37-24-21-18-15-12-9-6-3)66-60(63)54-51-48-45-42-39-36-34-32-30-28-26-23-20-17-14-11-8-5-2/h9,12,18,21,37,40,57H,4-8,10-11,13-17,19-20,22-36,38-39,41-56H2,1-3H3/b12-9-,21-18-,40-37-. The molecule has 386 valence electrons. The normalized spacial score (nSPS) is 12.2. The number of allylic oxidation sites excluding steroid dienone is 6. The maximum Gasteiger partial charge on any atom is 0.306 e. The van der Waals surface area contributed by atoms with Crippen molar-refractivity contribution in [3.05, 3.63) is 36.5 Å². The monoisotopic (exact) mass is 927 g/mol. The molecule has 0 N–H and O–H groups in total. The van der Waals surface area contributed by atoms with E-state index in [1.807, 2.05) is 0 Å². The minimum absolute atomic E-state index is 0.0792. The Bertz CT molecular complexity index is 1110. The highest BCUT2D eigenvalue weighted by Gasteiger charge is 2.19. The van der Waals surface area contributed by atoms with E-state index in [2.05, 4.69) is 57.2 Å². The first-order valence-corrected chi connectivity index (χ1v) is 29.0. The van der Waals surface area contributed by atoms with Crippen LogP contribution < -0.4 is 0 Å². The van der Waals surface area contributed by atoms with Gasteiger partial charge in [-0.1, -0.05) is 276 Å². The molecule has 0 aliphatic carbocycles. The molecule has 0 saturated heterocycles. The third kappa shape index (κ3) is 52.6. The molecule has 0 amide bonds. The second kappa shape index (κ2) is 55.2. The number of hydrogen-bond acceptors (Lipinski definition) is 6. The third-order valence-corrected chi connectivity index (χ3v) is 12.9. The average molecular weight is 928 g/mol. The van der Waals surface area contributed by atoms with Crippen molar-refractivity contribution in [2.75, 3.05) is 13.2 Å². The second-order valence-corrected chi connectivity index (χ2v) is 19.5. The van der Waals surface area contributed by atoms with Gasteiger partial charge in [0.15, 0.2) is 6.10 Å². The van der Waals surface area contributed by atoms with Crippen LogP contribution in [0.5, 0.6) is 0 Å². The molecule has 0 heterocycles. The van der Waals surface area contributed by atoms with Gasteiger partial charge in [0, 0.05) is 19.3 Å². The molecular weight excluding hydrogens is 817 g/mol. The van der Waals surface area contributed by atoms with E-state index in [0.29, 0.717) is 19.3 Å². The van der Waals surface area contributed by atoms with Gasteiger partial charge in [-0.25, -0.2) is 0 Å². The largest absolute Gasteiger partial charge is 0.462 e. The molecule has 6 nitrogen and oxygen atoms in total. The van der Waals surface area contributed by atoms with Crippen LogP contribution in [0.1, 0.15) is 310 Å². The first-order chi connectivity index (χ1) is 32.5. The predicted octanol–water partition coefficient (Wildman–Crippen LogP) is 19.3. The summed E-state index contributed by atoms with van der Waals surface area (Å²) in [5, 5.41) is 0. The highest BCUT2D eigenvalue weighted by atomic mass is 16.6. The van der Waals surface area contributed by atoms with Crippen LogP contribution in [-0.2, 0) is 28.6 Å². The zero-order valence-electron chi connectivity index (χ0n) is 44.2. The van der Waals surface area contributed by atoms with Gasteiger partial charge in [-0.05, 0) is 51.4 Å². The fourth-order valence-electron chi connectivity index (χ4n) is 8.58. The molecule has 0 aliphatic heterocycles. The summed E-state index contributed by atoms with van der Waals surface area (Å²) in [4.78, 5) is 38.1. The van der Waals surface area contributed by atoms with Gasteiger partial charge in [-0.3, -0.25) is 14.4 Å². The molecule has 1 atom stereocenters. The Morgan fingerprint density at radius 2 is 0.591 bits per heavy atom. The zero-order chi connectivity index (χ0) is 47.9. The van der Waals surface area contributed by atoms with Crippen LogP contribution in [-0.4, -0.2) is 37.2 Å². The minimum atomic E-state index is -0.783. The van der Waals surface area contributed by atoms with Crippen molar-refractivity contribution in [3.8, 4) is 0 Å². The van der Waals surface area contributed by atoms with Gasteiger partial charge in [0.1, 0.15) is 13.2 Å². The Kier molecular flexibility index (Phi) is 53.2. The van der Waals surface area contributed by atoms with Crippen LogP contribution in [0.2, 0.25) is 0 Å². The van der Waals surface area contributed by atoms with Crippen molar-refractivity contribution in [1.82, 2.24) is 0 Å². The van der Waals surface area contributed by atoms with E-state index >= 15 is 0 Å². The molecule has 0 aromatic heterocycles. The molecule has 1 unspecified atom stereocenters. The smallest absolute Gasteiger partial charge is 0.306 e. The lowest BCUT2D eigenvalue weighted by Gasteiger charge is -2.18. The lowest BCUT2D eigenvalue weighted by molar-refractivity contribution is -0.167. The summed E-state index contributed by atoms with van der Waals surface area (Å²) < 4.78 is 16.8. The van der Waals surface area contributed by atoms with Crippen molar-refractivity contribution in [2.24, 2.45) is 0 Å². The van der Waals surface area contributed by atoms with Crippen LogP contribution in [0, 0.1) is 0 Å². The molecule has 0 aliphatic rings. The maximum atomic E-state index is 12.8. The molecule has 0 saturated carbocycles. The zero-order valence-corrected chi connectivity index (χ0v) is 44.2. The fraction of sp³-hybridized carbons (Fsp3) is 0.850. The first kappa shape index (κ1) is 63.6. The summed E-state index contributed by atoms with van der Waals surface area (Å²) >= 11 is 0. The van der Waals surface area contributed by atoms with Gasteiger partial charge in [0.2, 0.25) is 0 Å². The van der Waals surface area contributed by atoms with Crippen molar-refractivity contribution in [1.29, 1.82) is 0 Å². The Balaban J connectivity index is 4.31. The van der Waals surface area contributed by atoms with Gasteiger partial charge in [-0.15, -0.1) is 0 Å². The van der Waals surface area contributed by atoms with E-state index in [4.69, 9.17) is 14.2 Å². The molecule has 0 bridgehead atoms. The van der Waals surface area contributed by atoms with E-state index in [9.17, 15) is 14.4 Å². The van der Waals surface area contributed by atoms with Gasteiger partial charge in [0.25, 0.3) is 0 Å². The highest BCUT2D eigenvalue weighted by molar-refractivity contribution is 5.71. The van der Waals surface area contributed by atoms with Gasteiger partial charge < -0.3 is 14.2 Å². The van der Waals surface area contributed by atoms with Crippen molar-refractivity contribution < 1.29 is 28.6 Å². The van der Waals surface area contributed by atoms with E-state index in [0.717, 1.165) is 77.0 Å². The summed E-state index contributed by atoms with van der Waals surface area (Å²) in [7, 11) is 0. The molecule has 66 heavy (non-hydrogen) atoms. The van der Waals surface area contributed by atoms with E-state index in [-0.39, 0.29) is 31.1 Å². The quantitative estimate of drug-likeness (QED) is 0.0262. The second-order valence-electron chi connectivity index (χ2n) is 19.5. The number of unbranched alkanes of at least 4 members (excludes halogenated alkanes) is 36. The fourth-order valence-corrected chi connectivity index (χ4v) is 8.58. The van der Waals surface area contributed by atoms with Gasteiger partial charge in [0.05, 0.1) is 0 Å². The molecule has 0 radical (unpaired) electrons. The van der Waals surface area contributed by atoms with Crippen LogP contribution >= 0.6 is 0 Å². The van der Waals surface area contributed by atoms with Gasteiger partial charge in [-0.2, -0.15) is 0 Å². The summed E-state index contributed by atoms with van der Waals surface area (Å²) in [5.41, 5.74) is 0. The molecular formula is C60H110O6. The highest BCUT2D eigenvalue weighted by Crippen LogP contribution is 2.17. The lowest BCUT2D eigenvalue weighted by atomic mass is 10.0. The van der Waals surface area contributed by atoms with Gasteiger partial charge >= 0.3 is 17.9 Å². The number of rotatable bonds is 53. The van der Waals surface area contributed by atoms with Crippen LogP contribution in [0.3, 0.4) is 0 Å². The minimum Gasteiger partial charge on any atom is -0.462 e. The number of hydrogen-bond donors (Lipinski definition) is 0. The number of ether oxygens (including phenoxy) is 3. The van der Waals surface area contributed by atoms with Crippen molar-refractivity contribution in [3.63, 3.8) is 0 Å². The van der Waals surface area contributed by atoms with E-state index in [1.165, 1.54) is 193 Å². The van der Waals surface area contributed by atoms with Crippen LogP contribution in [0.15, 0.2) is 36.5 Å². The molecule has 0 spiro atoms. The summed E-state index contributed by atoms with van der Waals surface area (Å²) in [6, 6.07) is 0. The van der Waals surface area contributed by atoms with Crippen LogP contribution in [0.25, 0.3) is 0 Å². The molecule has 0 aromatic rings. The molecule has 0 aromatic carbocycles. The lowest BCUT2D eigenvalue weighted by Crippen LogP contribution is -2.30. The Morgan fingerprint density at radius 1 is 0.318 bits per heavy atom. The molecule has 6 heteroatoms. The number of esters is 3. The van der Waals surface area contributed by atoms with E-state index < -0.39 is 6.10 Å². The SMILES string of the molecule is CC/C=C\C/C=C\C/C=C\CCCCC(=O)OCC(COC(=O)CCCCCCCCCCCCCCCCCCCC)OC(=O)CCCCCCCCCCCCCCCCCCCC. The number of carbonyl (C=O) groups is 3. The van der Waals surface area contributed by atoms with E-state index in [1.54, 1.807) is 0 Å². The van der Waals surface area contributed by atoms with Crippen molar-refractivity contribution in [2.45, 2.75) is 316 Å². The average Bonchev–Trinajstić information content (AvgIpc) is 3.31. The molecule has 0 rings (SSSR count). The predicted molar refractivity (Wildman–Crippen MR) is 284 cm³/mol. The van der Waals surface area contributed by atoms with Crippen LogP contribution in [0.4, 0.5) is 0 Å². The topological polar surface area (TPSA) is 78.9 Å². The summed E-state index contributed by atoms with van der Waals surface area (Å²) in [6.07, 6.45) is 65.8. The Labute approximate surface area is 410 Å². The first-order valence-electron chi connectivity index (χ1n) is 29.0.